The highest BCUT2D eigenvalue weighted by Gasteiger charge is 2.30. The maximum Gasteiger partial charge on any atom is 0.472 e. The van der Waals surface area contributed by atoms with E-state index in [1.54, 1.807) is 0 Å². The van der Waals surface area contributed by atoms with E-state index >= 15 is 0 Å². The Morgan fingerprint density at radius 2 is 0.509 bits per heavy atom. The minimum absolute atomic E-state index is 0.0859. The SMILES string of the molecule is CCCCCC/C=C\C=C/CCCCCCCC(=O)O[C@H](COC(=O)CCCCCCCCCCCCCCC)COP(=O)(O)OC[C@H](O)COP(=O)(O)OC[C@@H](COC(=O)CCCCCCCCCCCCCCCCCCCCC)OC(=O)CCCCCCCCCCCCCCCCCCC(C)C. The van der Waals surface area contributed by atoms with Gasteiger partial charge in [-0.25, -0.2) is 9.13 Å². The van der Waals surface area contributed by atoms with Gasteiger partial charge in [-0.3, -0.25) is 37.3 Å². The Balaban J connectivity index is 5.29. The summed E-state index contributed by atoms with van der Waals surface area (Å²) in [4.78, 5) is 73.3. The molecule has 5 atom stereocenters. The van der Waals surface area contributed by atoms with Crippen molar-refractivity contribution in [2.45, 2.75) is 464 Å². The van der Waals surface area contributed by atoms with E-state index in [1.807, 2.05) is 0 Å². The molecule has 0 aliphatic rings. The van der Waals surface area contributed by atoms with Gasteiger partial charge in [0, 0.05) is 25.7 Å². The van der Waals surface area contributed by atoms with E-state index in [9.17, 15) is 43.2 Å². The number of allylic oxidation sites excluding steroid dienone is 4. The molecular formula is C87H166O17P2. The molecule has 0 aliphatic heterocycles. The molecule has 19 heteroatoms. The molecule has 0 bridgehead atoms. The molecule has 0 saturated carbocycles. The first-order chi connectivity index (χ1) is 51.5. The average molecular weight is 1550 g/mol. The topological polar surface area (TPSA) is 237 Å². The van der Waals surface area contributed by atoms with Crippen LogP contribution in [0.3, 0.4) is 0 Å². The van der Waals surface area contributed by atoms with Gasteiger partial charge in [-0.15, -0.1) is 0 Å². The molecule has 0 aromatic carbocycles. The lowest BCUT2D eigenvalue weighted by atomic mass is 10.0. The molecule has 626 valence electrons. The number of unbranched alkanes of at least 4 members (excludes halogenated alkanes) is 54. The van der Waals surface area contributed by atoms with Crippen molar-refractivity contribution < 1.29 is 80.2 Å². The van der Waals surface area contributed by atoms with Crippen molar-refractivity contribution in [1.82, 2.24) is 0 Å². The van der Waals surface area contributed by atoms with Crippen molar-refractivity contribution in [3.05, 3.63) is 24.3 Å². The first-order valence-corrected chi connectivity index (χ1v) is 47.4. The summed E-state index contributed by atoms with van der Waals surface area (Å²) in [5.74, 6) is -1.32. The number of phosphoric acid groups is 2. The largest absolute Gasteiger partial charge is 0.472 e. The van der Waals surface area contributed by atoms with E-state index in [0.29, 0.717) is 25.7 Å². The van der Waals surface area contributed by atoms with Gasteiger partial charge in [0.1, 0.15) is 19.3 Å². The summed E-state index contributed by atoms with van der Waals surface area (Å²) < 4.78 is 68.9. The number of phosphoric ester groups is 2. The second-order valence-electron chi connectivity index (χ2n) is 31.1. The maximum absolute atomic E-state index is 13.2. The molecule has 0 spiro atoms. The summed E-state index contributed by atoms with van der Waals surface area (Å²) in [7, 11) is -9.94. The average Bonchev–Trinajstić information content (AvgIpc) is 0.905. The van der Waals surface area contributed by atoms with E-state index < -0.39 is 97.5 Å². The minimum Gasteiger partial charge on any atom is -0.462 e. The Kier molecular flexibility index (Phi) is 77.4. The highest BCUT2D eigenvalue weighted by Crippen LogP contribution is 2.45. The number of carbonyl (C=O) groups excluding carboxylic acids is 4. The van der Waals surface area contributed by atoms with Crippen LogP contribution in [0.5, 0.6) is 0 Å². The second-order valence-corrected chi connectivity index (χ2v) is 34.0. The third-order valence-electron chi connectivity index (χ3n) is 19.9. The first-order valence-electron chi connectivity index (χ1n) is 44.5. The molecule has 0 aromatic heterocycles. The molecule has 0 aromatic rings. The number of aliphatic hydroxyl groups is 1. The van der Waals surface area contributed by atoms with Crippen molar-refractivity contribution in [1.29, 1.82) is 0 Å². The summed E-state index contributed by atoms with van der Waals surface area (Å²) in [5.41, 5.74) is 0. The molecule has 0 radical (unpaired) electrons. The van der Waals surface area contributed by atoms with E-state index in [2.05, 4.69) is 58.9 Å². The van der Waals surface area contributed by atoms with Gasteiger partial charge < -0.3 is 33.8 Å². The van der Waals surface area contributed by atoms with Gasteiger partial charge in [-0.2, -0.15) is 0 Å². The number of rotatable bonds is 85. The summed E-state index contributed by atoms with van der Waals surface area (Å²) >= 11 is 0. The summed E-state index contributed by atoms with van der Waals surface area (Å²) in [6, 6.07) is 0. The molecule has 0 saturated heterocycles. The highest BCUT2D eigenvalue weighted by atomic mass is 31.2. The van der Waals surface area contributed by atoms with Crippen LogP contribution in [-0.2, 0) is 65.4 Å². The number of hydrogen-bond donors (Lipinski definition) is 3. The Bertz CT molecular complexity index is 2110. The smallest absolute Gasteiger partial charge is 0.462 e. The van der Waals surface area contributed by atoms with Crippen LogP contribution >= 0.6 is 15.6 Å². The molecule has 0 heterocycles. The van der Waals surface area contributed by atoms with Crippen LogP contribution in [0, 0.1) is 5.92 Å². The molecule has 3 N–H and O–H groups in total. The molecule has 0 rings (SSSR count). The fourth-order valence-electron chi connectivity index (χ4n) is 13.1. The van der Waals surface area contributed by atoms with Crippen molar-refractivity contribution in [2.75, 3.05) is 39.6 Å². The summed E-state index contributed by atoms with van der Waals surface area (Å²) in [6.07, 6.45) is 75.7. The number of hydrogen-bond acceptors (Lipinski definition) is 15. The van der Waals surface area contributed by atoms with Gasteiger partial charge >= 0.3 is 39.5 Å². The molecule has 2 unspecified atom stereocenters. The van der Waals surface area contributed by atoms with Crippen molar-refractivity contribution in [2.24, 2.45) is 5.92 Å². The fraction of sp³-hybridized carbons (Fsp3) is 0.908. The highest BCUT2D eigenvalue weighted by molar-refractivity contribution is 7.47. The zero-order valence-corrected chi connectivity index (χ0v) is 70.9. The summed E-state index contributed by atoms with van der Waals surface area (Å²) in [6.45, 7) is 7.34. The van der Waals surface area contributed by atoms with Crippen molar-refractivity contribution in [3.8, 4) is 0 Å². The molecule has 106 heavy (non-hydrogen) atoms. The van der Waals surface area contributed by atoms with Gasteiger partial charge in [0.25, 0.3) is 0 Å². The van der Waals surface area contributed by atoms with Crippen molar-refractivity contribution >= 4 is 39.5 Å². The van der Waals surface area contributed by atoms with Gasteiger partial charge in [0.15, 0.2) is 12.2 Å². The minimum atomic E-state index is -4.97. The quantitative estimate of drug-likeness (QED) is 0.0169. The second kappa shape index (κ2) is 79.2. The van der Waals surface area contributed by atoms with E-state index in [4.69, 9.17) is 37.0 Å². The zero-order chi connectivity index (χ0) is 77.6. The maximum atomic E-state index is 13.2. The molecule has 0 amide bonds. The van der Waals surface area contributed by atoms with Gasteiger partial charge in [-0.05, 0) is 57.3 Å². The van der Waals surface area contributed by atoms with Crippen LogP contribution in [0.15, 0.2) is 24.3 Å². The van der Waals surface area contributed by atoms with Crippen LogP contribution < -0.4 is 0 Å². The van der Waals surface area contributed by atoms with E-state index in [1.165, 1.54) is 257 Å². The normalized spacial score (nSPS) is 13.9. The molecular weight excluding hydrogens is 1380 g/mol. The zero-order valence-electron chi connectivity index (χ0n) is 69.1. The van der Waals surface area contributed by atoms with Crippen molar-refractivity contribution in [3.63, 3.8) is 0 Å². The van der Waals surface area contributed by atoms with Crippen LogP contribution in [-0.4, -0.2) is 96.7 Å². The third kappa shape index (κ3) is 79.6. The van der Waals surface area contributed by atoms with E-state index in [0.717, 1.165) is 109 Å². The van der Waals surface area contributed by atoms with Crippen LogP contribution in [0.2, 0.25) is 0 Å². The lowest BCUT2D eigenvalue weighted by Gasteiger charge is -2.21. The number of carbonyl (C=O) groups is 4. The molecule has 0 aliphatic carbocycles. The van der Waals surface area contributed by atoms with Gasteiger partial charge in [0.05, 0.1) is 26.4 Å². The Morgan fingerprint density at radius 1 is 0.292 bits per heavy atom. The fourth-order valence-corrected chi connectivity index (χ4v) is 14.7. The number of aliphatic hydroxyl groups excluding tert-OH is 1. The summed E-state index contributed by atoms with van der Waals surface area (Å²) in [5, 5.41) is 10.7. The van der Waals surface area contributed by atoms with Crippen LogP contribution in [0.4, 0.5) is 0 Å². The molecule has 0 fully saturated rings. The first kappa shape index (κ1) is 104. The molecule has 17 nitrogen and oxygen atoms in total. The third-order valence-corrected chi connectivity index (χ3v) is 21.8. The lowest BCUT2D eigenvalue weighted by Crippen LogP contribution is -2.30. The number of ether oxygens (including phenoxy) is 4. The van der Waals surface area contributed by atoms with Crippen LogP contribution in [0.1, 0.15) is 446 Å². The van der Waals surface area contributed by atoms with Gasteiger partial charge in [-0.1, -0.05) is 393 Å². The van der Waals surface area contributed by atoms with E-state index in [-0.39, 0.29) is 25.7 Å². The Hall–Kier alpha value is -2.46. The lowest BCUT2D eigenvalue weighted by molar-refractivity contribution is -0.161. The Morgan fingerprint density at radius 3 is 0.774 bits per heavy atom. The monoisotopic (exact) mass is 1550 g/mol. The predicted octanol–water partition coefficient (Wildman–Crippen LogP) is 26.3. The van der Waals surface area contributed by atoms with Gasteiger partial charge in [0.2, 0.25) is 0 Å². The number of esters is 4. The Labute approximate surface area is 650 Å². The standard InChI is InChI=1S/C87H166O17P2/c1-6-9-12-15-18-21-24-27-29-30-31-32-37-41-46-51-56-61-66-71-85(90)98-77-83(104-87(92)73-68-63-58-53-48-43-38-34-33-36-40-44-49-54-59-64-69-80(4)5)79-102-106(95,96)100-75-81(88)74-99-105(93,94)101-78-82(76-97-84(89)70-65-60-55-50-45-39-26-23-20-17-14-11-8-3)103-86(91)72-67-62-57-52-47-42-35-28-25-22-19-16-13-10-7-2/h22,25,28,35,80-83,88H,6-21,23-24,26-27,29-34,36-79H2,1-5H3,(H,93,94)(H,95,96)/b25-22-,35-28-/t81-,82+,83+/m0/s1. The van der Waals surface area contributed by atoms with Crippen LogP contribution in [0.25, 0.3) is 0 Å². The predicted molar refractivity (Wildman–Crippen MR) is 437 cm³/mol.